The van der Waals surface area contributed by atoms with Gasteiger partial charge in [0, 0.05) is 18.4 Å². The Morgan fingerprint density at radius 3 is 2.45 bits per heavy atom. The van der Waals surface area contributed by atoms with Crippen molar-refractivity contribution in [1.29, 1.82) is 0 Å². The van der Waals surface area contributed by atoms with Gasteiger partial charge in [-0.1, -0.05) is 29.3 Å². The first kappa shape index (κ1) is 15.3. The van der Waals surface area contributed by atoms with Crippen LogP contribution in [0.3, 0.4) is 0 Å². The highest BCUT2D eigenvalue weighted by Crippen LogP contribution is 2.23. The third kappa shape index (κ3) is 4.48. The van der Waals surface area contributed by atoms with Crippen molar-refractivity contribution < 1.29 is 0 Å². The number of hydrogen-bond donors (Lipinski definition) is 1. The zero-order valence-electron chi connectivity index (χ0n) is 11.4. The van der Waals surface area contributed by atoms with Gasteiger partial charge in [0.15, 0.2) is 0 Å². The van der Waals surface area contributed by atoms with Crippen LogP contribution in [0.1, 0.15) is 17.5 Å². The average molecular weight is 309 g/mol. The minimum atomic E-state index is 0.417. The van der Waals surface area contributed by atoms with Gasteiger partial charge in [-0.05, 0) is 61.7 Å². The summed E-state index contributed by atoms with van der Waals surface area (Å²) in [7, 11) is 1.99. The Hall–Kier alpha value is -1.09. The summed E-state index contributed by atoms with van der Waals surface area (Å²) in [6.07, 6.45) is 6.72. The van der Waals surface area contributed by atoms with Crippen molar-refractivity contribution in [2.45, 2.75) is 25.3 Å². The number of hydrogen-bond acceptors (Lipinski definition) is 2. The molecule has 0 bridgehead atoms. The van der Waals surface area contributed by atoms with E-state index < -0.39 is 0 Å². The lowest BCUT2D eigenvalue weighted by Crippen LogP contribution is -2.28. The van der Waals surface area contributed by atoms with Gasteiger partial charge in [-0.2, -0.15) is 0 Å². The Morgan fingerprint density at radius 2 is 1.80 bits per heavy atom. The third-order valence-electron chi connectivity index (χ3n) is 3.41. The van der Waals surface area contributed by atoms with E-state index in [4.69, 9.17) is 23.2 Å². The maximum Gasteiger partial charge on any atom is 0.0595 e. The Morgan fingerprint density at radius 1 is 1.05 bits per heavy atom. The molecule has 1 unspecified atom stereocenters. The number of nitrogens with one attached hydrogen (secondary N) is 1. The molecular weight excluding hydrogens is 291 g/mol. The van der Waals surface area contributed by atoms with Gasteiger partial charge in [-0.15, -0.1) is 0 Å². The molecule has 0 saturated carbocycles. The summed E-state index contributed by atoms with van der Waals surface area (Å²) in [5.41, 5.74) is 2.52. The Bertz CT molecular complexity index is 543. The smallest absolute Gasteiger partial charge is 0.0595 e. The molecule has 2 aromatic rings. The molecule has 106 valence electrons. The number of pyridine rings is 1. The van der Waals surface area contributed by atoms with Gasteiger partial charge in [0.05, 0.1) is 10.0 Å². The second kappa shape index (κ2) is 7.63. The molecule has 0 fully saturated rings. The summed E-state index contributed by atoms with van der Waals surface area (Å²) >= 11 is 12.0. The van der Waals surface area contributed by atoms with E-state index in [0.717, 1.165) is 19.3 Å². The standard InChI is InChI=1S/C16H18Cl2N2/c1-19-14(4-2-12-6-8-20-9-7-12)10-13-3-5-15(17)16(18)11-13/h3,5-9,11,14,19H,2,4,10H2,1H3. The average Bonchev–Trinajstić information content (AvgIpc) is 2.48. The molecule has 1 heterocycles. The number of rotatable bonds is 6. The number of halogens is 2. The zero-order valence-corrected chi connectivity index (χ0v) is 13.0. The van der Waals surface area contributed by atoms with Gasteiger partial charge in [0.25, 0.3) is 0 Å². The quantitative estimate of drug-likeness (QED) is 0.867. The van der Waals surface area contributed by atoms with E-state index >= 15 is 0 Å². The molecule has 4 heteroatoms. The van der Waals surface area contributed by atoms with Gasteiger partial charge in [0.2, 0.25) is 0 Å². The Balaban J connectivity index is 1.93. The minimum absolute atomic E-state index is 0.417. The molecule has 0 saturated heterocycles. The summed E-state index contributed by atoms with van der Waals surface area (Å²) in [6.45, 7) is 0. The fraction of sp³-hybridized carbons (Fsp3) is 0.312. The van der Waals surface area contributed by atoms with Crippen LogP contribution in [0.2, 0.25) is 10.0 Å². The predicted molar refractivity (Wildman–Crippen MR) is 85.6 cm³/mol. The van der Waals surface area contributed by atoms with Crippen molar-refractivity contribution in [2.24, 2.45) is 0 Å². The van der Waals surface area contributed by atoms with Crippen molar-refractivity contribution in [3.63, 3.8) is 0 Å². The maximum atomic E-state index is 6.05. The van der Waals surface area contributed by atoms with Crippen molar-refractivity contribution in [1.82, 2.24) is 10.3 Å². The molecule has 1 aromatic heterocycles. The first-order chi connectivity index (χ1) is 9.69. The number of aromatic nitrogens is 1. The highest BCUT2D eigenvalue weighted by molar-refractivity contribution is 6.42. The van der Waals surface area contributed by atoms with Crippen molar-refractivity contribution in [3.05, 3.63) is 63.9 Å². The molecule has 1 N–H and O–H groups in total. The van der Waals surface area contributed by atoms with Gasteiger partial charge >= 0.3 is 0 Å². The molecule has 0 aliphatic carbocycles. The van der Waals surface area contributed by atoms with E-state index in [-0.39, 0.29) is 0 Å². The minimum Gasteiger partial charge on any atom is -0.317 e. The summed E-state index contributed by atoms with van der Waals surface area (Å²) in [6, 6.07) is 10.4. The van der Waals surface area contributed by atoms with Gasteiger partial charge in [-0.25, -0.2) is 0 Å². The summed E-state index contributed by atoms with van der Waals surface area (Å²) in [5, 5.41) is 4.59. The molecule has 0 aliphatic heterocycles. The van der Waals surface area contributed by atoms with Crippen LogP contribution in [0.4, 0.5) is 0 Å². The fourth-order valence-corrected chi connectivity index (χ4v) is 2.51. The molecule has 0 spiro atoms. The topological polar surface area (TPSA) is 24.9 Å². The van der Waals surface area contributed by atoms with E-state index in [0.29, 0.717) is 16.1 Å². The van der Waals surface area contributed by atoms with Crippen LogP contribution < -0.4 is 5.32 Å². The highest BCUT2D eigenvalue weighted by Gasteiger charge is 2.09. The fourth-order valence-electron chi connectivity index (χ4n) is 2.19. The summed E-state index contributed by atoms with van der Waals surface area (Å²) in [5.74, 6) is 0. The van der Waals surface area contributed by atoms with E-state index in [1.165, 1.54) is 11.1 Å². The lowest BCUT2D eigenvalue weighted by atomic mass is 9.99. The van der Waals surface area contributed by atoms with Crippen LogP contribution in [0.25, 0.3) is 0 Å². The molecular formula is C16H18Cl2N2. The summed E-state index contributed by atoms with van der Waals surface area (Å²) < 4.78 is 0. The van der Waals surface area contributed by atoms with Crippen LogP contribution in [-0.4, -0.2) is 18.1 Å². The number of nitrogens with zero attached hydrogens (tertiary/aromatic N) is 1. The van der Waals surface area contributed by atoms with Crippen molar-refractivity contribution >= 4 is 23.2 Å². The lowest BCUT2D eigenvalue weighted by Gasteiger charge is -2.16. The summed E-state index contributed by atoms with van der Waals surface area (Å²) in [4.78, 5) is 4.04. The maximum absolute atomic E-state index is 6.05. The predicted octanol–water partition coefficient (Wildman–Crippen LogP) is 4.15. The van der Waals surface area contributed by atoms with Crippen molar-refractivity contribution in [3.8, 4) is 0 Å². The first-order valence-electron chi connectivity index (χ1n) is 6.69. The number of likely N-dealkylation sites (N-methyl/N-ethyl adjacent to an activating group) is 1. The monoisotopic (exact) mass is 308 g/mol. The largest absolute Gasteiger partial charge is 0.317 e. The van der Waals surface area contributed by atoms with Gasteiger partial charge < -0.3 is 5.32 Å². The van der Waals surface area contributed by atoms with Gasteiger partial charge in [-0.3, -0.25) is 4.98 Å². The Kier molecular flexibility index (Phi) is 5.84. The number of benzene rings is 1. The lowest BCUT2D eigenvalue weighted by molar-refractivity contribution is 0.520. The van der Waals surface area contributed by atoms with E-state index in [2.05, 4.69) is 22.4 Å². The van der Waals surface area contributed by atoms with E-state index in [9.17, 15) is 0 Å². The van der Waals surface area contributed by atoms with E-state index in [1.807, 2.05) is 37.6 Å². The van der Waals surface area contributed by atoms with Crippen molar-refractivity contribution in [2.75, 3.05) is 7.05 Å². The SMILES string of the molecule is CNC(CCc1ccncc1)Cc1ccc(Cl)c(Cl)c1. The van der Waals surface area contributed by atoms with Crippen LogP contribution in [-0.2, 0) is 12.8 Å². The van der Waals surface area contributed by atoms with Crippen LogP contribution in [0.5, 0.6) is 0 Å². The molecule has 2 nitrogen and oxygen atoms in total. The van der Waals surface area contributed by atoms with E-state index in [1.54, 1.807) is 0 Å². The molecule has 0 radical (unpaired) electrons. The molecule has 20 heavy (non-hydrogen) atoms. The number of aryl methyl sites for hydroxylation is 1. The van der Waals surface area contributed by atoms with Crippen LogP contribution >= 0.6 is 23.2 Å². The second-order valence-electron chi connectivity index (χ2n) is 4.83. The van der Waals surface area contributed by atoms with Crippen LogP contribution in [0, 0.1) is 0 Å². The third-order valence-corrected chi connectivity index (χ3v) is 4.14. The molecule has 2 rings (SSSR count). The van der Waals surface area contributed by atoms with Gasteiger partial charge in [0.1, 0.15) is 0 Å². The molecule has 1 atom stereocenters. The highest BCUT2D eigenvalue weighted by atomic mass is 35.5. The molecule has 0 amide bonds. The second-order valence-corrected chi connectivity index (χ2v) is 5.65. The molecule has 1 aromatic carbocycles. The zero-order chi connectivity index (χ0) is 14.4. The Labute approximate surface area is 130 Å². The normalized spacial score (nSPS) is 12.3. The first-order valence-corrected chi connectivity index (χ1v) is 7.44. The van der Waals surface area contributed by atoms with Crippen LogP contribution in [0.15, 0.2) is 42.7 Å². The molecule has 0 aliphatic rings.